The summed E-state index contributed by atoms with van der Waals surface area (Å²) in [6, 6.07) is 3.66. The zero-order chi connectivity index (χ0) is 12.3. The predicted octanol–water partition coefficient (Wildman–Crippen LogP) is 3.73. The van der Waals surface area contributed by atoms with Crippen molar-refractivity contribution in [3.05, 3.63) is 29.3 Å². The molecule has 16 heavy (non-hydrogen) atoms. The Bertz CT molecular complexity index is 398. The van der Waals surface area contributed by atoms with Crippen LogP contribution in [-0.2, 0) is 5.41 Å². The lowest BCUT2D eigenvalue weighted by Crippen LogP contribution is -2.13. The molecule has 1 aromatic carbocycles. The average Bonchev–Trinajstić information content (AvgIpc) is 2.19. The summed E-state index contributed by atoms with van der Waals surface area (Å²) in [5.41, 5.74) is 2.20. The second kappa shape index (κ2) is 4.60. The minimum absolute atomic E-state index is 0.00139. The molecule has 0 saturated heterocycles. The van der Waals surface area contributed by atoms with Crippen LogP contribution < -0.4 is 4.74 Å². The molecule has 1 rings (SSSR count). The summed E-state index contributed by atoms with van der Waals surface area (Å²) in [4.78, 5) is 0. The van der Waals surface area contributed by atoms with E-state index in [-0.39, 0.29) is 11.2 Å². The molecule has 0 spiro atoms. The summed E-state index contributed by atoms with van der Waals surface area (Å²) in [7, 11) is 1.56. The van der Waals surface area contributed by atoms with Gasteiger partial charge < -0.3 is 9.84 Å². The van der Waals surface area contributed by atoms with Gasteiger partial charge in [0.25, 0.3) is 0 Å². The van der Waals surface area contributed by atoms with Crippen molar-refractivity contribution < 1.29 is 9.84 Å². The molecule has 0 fully saturated rings. The van der Waals surface area contributed by atoms with Gasteiger partial charge in [0.1, 0.15) is 0 Å². The minimum atomic E-state index is -0.00139. The van der Waals surface area contributed by atoms with E-state index in [1.807, 2.05) is 25.1 Å². The van der Waals surface area contributed by atoms with E-state index in [9.17, 15) is 5.11 Å². The first-order chi connectivity index (χ1) is 7.40. The van der Waals surface area contributed by atoms with Crippen molar-refractivity contribution in [1.82, 2.24) is 0 Å². The molecule has 0 bridgehead atoms. The average molecular weight is 220 g/mol. The first-order valence-corrected chi connectivity index (χ1v) is 5.44. The number of aromatic hydroxyl groups is 1. The van der Waals surface area contributed by atoms with Gasteiger partial charge in [0.2, 0.25) is 0 Å². The van der Waals surface area contributed by atoms with Crippen molar-refractivity contribution in [2.75, 3.05) is 7.11 Å². The van der Waals surface area contributed by atoms with Crippen molar-refractivity contribution in [2.45, 2.75) is 33.1 Å². The summed E-state index contributed by atoms with van der Waals surface area (Å²) in [5, 5.41) is 9.80. The number of hydrogen-bond donors (Lipinski definition) is 1. The first kappa shape index (κ1) is 12.6. The van der Waals surface area contributed by atoms with Gasteiger partial charge in [-0.25, -0.2) is 0 Å². The molecule has 0 heterocycles. The van der Waals surface area contributed by atoms with Gasteiger partial charge in [0.05, 0.1) is 7.11 Å². The minimum Gasteiger partial charge on any atom is -0.504 e. The van der Waals surface area contributed by atoms with Crippen LogP contribution in [0.4, 0.5) is 0 Å². The van der Waals surface area contributed by atoms with Crippen LogP contribution in [0.25, 0.3) is 6.08 Å². The lowest BCUT2D eigenvalue weighted by molar-refractivity contribution is 0.372. The molecular weight excluding hydrogens is 200 g/mol. The fraction of sp³-hybridized carbons (Fsp3) is 0.429. The van der Waals surface area contributed by atoms with E-state index in [1.165, 1.54) is 0 Å². The van der Waals surface area contributed by atoms with Crippen LogP contribution in [0.5, 0.6) is 11.5 Å². The summed E-state index contributed by atoms with van der Waals surface area (Å²) in [6.45, 7) is 8.36. The van der Waals surface area contributed by atoms with E-state index in [0.29, 0.717) is 5.75 Å². The highest BCUT2D eigenvalue weighted by Crippen LogP contribution is 2.36. The maximum atomic E-state index is 9.80. The smallest absolute Gasteiger partial charge is 0.161 e. The molecule has 0 radical (unpaired) electrons. The Kier molecular flexibility index (Phi) is 3.63. The maximum absolute atomic E-state index is 9.80. The Hall–Kier alpha value is -1.44. The zero-order valence-electron chi connectivity index (χ0n) is 10.7. The van der Waals surface area contributed by atoms with Crippen molar-refractivity contribution >= 4 is 6.08 Å². The quantitative estimate of drug-likeness (QED) is 0.822. The van der Waals surface area contributed by atoms with E-state index in [4.69, 9.17) is 4.74 Å². The van der Waals surface area contributed by atoms with Gasteiger partial charge in [0, 0.05) is 0 Å². The first-order valence-electron chi connectivity index (χ1n) is 5.44. The van der Waals surface area contributed by atoms with Crippen LogP contribution in [0.2, 0.25) is 0 Å². The Balaban J connectivity index is 3.42. The molecule has 0 unspecified atom stereocenters. The van der Waals surface area contributed by atoms with Crippen molar-refractivity contribution in [3.63, 3.8) is 0 Å². The highest BCUT2D eigenvalue weighted by Gasteiger charge is 2.19. The molecular formula is C14H20O2. The fourth-order valence-corrected chi connectivity index (χ4v) is 1.71. The van der Waals surface area contributed by atoms with Gasteiger partial charge in [-0.1, -0.05) is 32.9 Å². The van der Waals surface area contributed by atoms with E-state index in [0.717, 1.165) is 11.1 Å². The monoisotopic (exact) mass is 220 g/mol. The van der Waals surface area contributed by atoms with Crippen molar-refractivity contribution in [3.8, 4) is 11.5 Å². The maximum Gasteiger partial charge on any atom is 0.161 e. The summed E-state index contributed by atoms with van der Waals surface area (Å²) in [6.07, 6.45) is 4.02. The molecule has 0 saturated carbocycles. The van der Waals surface area contributed by atoms with Gasteiger partial charge >= 0.3 is 0 Å². The summed E-state index contributed by atoms with van der Waals surface area (Å²) in [5.74, 6) is 0.710. The standard InChI is InChI=1S/C14H20O2/c1-6-7-10-8-13(16-5)12(15)9-11(10)14(2,3)4/h6-9,15H,1-5H3. The SMILES string of the molecule is CC=Cc1cc(OC)c(O)cc1C(C)(C)C. The summed E-state index contributed by atoms with van der Waals surface area (Å²) < 4.78 is 5.12. The number of rotatable bonds is 2. The second-order valence-electron chi connectivity index (χ2n) is 4.86. The Morgan fingerprint density at radius 3 is 2.31 bits per heavy atom. The van der Waals surface area contributed by atoms with E-state index < -0.39 is 0 Å². The van der Waals surface area contributed by atoms with Gasteiger partial charge in [-0.15, -0.1) is 0 Å². The van der Waals surface area contributed by atoms with E-state index in [1.54, 1.807) is 13.2 Å². The van der Waals surface area contributed by atoms with E-state index in [2.05, 4.69) is 20.8 Å². The number of ether oxygens (including phenoxy) is 1. The number of benzene rings is 1. The third kappa shape index (κ3) is 2.57. The lowest BCUT2D eigenvalue weighted by atomic mass is 9.83. The Labute approximate surface area is 97.6 Å². The number of phenols is 1. The largest absolute Gasteiger partial charge is 0.504 e. The molecule has 0 atom stereocenters. The molecule has 0 aliphatic carbocycles. The molecule has 0 aromatic heterocycles. The van der Waals surface area contributed by atoms with Crippen molar-refractivity contribution in [2.24, 2.45) is 0 Å². The van der Waals surface area contributed by atoms with Crippen LogP contribution >= 0.6 is 0 Å². The number of hydrogen-bond acceptors (Lipinski definition) is 2. The third-order valence-corrected chi connectivity index (χ3v) is 2.51. The van der Waals surface area contributed by atoms with Crippen LogP contribution in [0, 0.1) is 0 Å². The Morgan fingerprint density at radius 1 is 1.25 bits per heavy atom. The van der Waals surface area contributed by atoms with Crippen LogP contribution in [0.15, 0.2) is 18.2 Å². The number of methoxy groups -OCH3 is 1. The molecule has 0 amide bonds. The molecule has 2 heteroatoms. The summed E-state index contributed by atoms with van der Waals surface area (Å²) >= 11 is 0. The molecule has 2 nitrogen and oxygen atoms in total. The van der Waals surface area contributed by atoms with E-state index >= 15 is 0 Å². The van der Waals surface area contributed by atoms with Crippen LogP contribution in [0.1, 0.15) is 38.8 Å². The number of phenolic OH excluding ortho intramolecular Hbond substituents is 1. The van der Waals surface area contributed by atoms with Gasteiger partial charge in [-0.3, -0.25) is 0 Å². The predicted molar refractivity (Wildman–Crippen MR) is 68.1 cm³/mol. The van der Waals surface area contributed by atoms with Crippen molar-refractivity contribution in [1.29, 1.82) is 0 Å². The fourth-order valence-electron chi connectivity index (χ4n) is 1.71. The highest BCUT2D eigenvalue weighted by atomic mass is 16.5. The van der Waals surface area contributed by atoms with Crippen LogP contribution in [0.3, 0.4) is 0 Å². The third-order valence-electron chi connectivity index (χ3n) is 2.51. The molecule has 0 aliphatic rings. The molecule has 88 valence electrons. The number of allylic oxidation sites excluding steroid dienone is 1. The normalized spacial score (nSPS) is 12.1. The van der Waals surface area contributed by atoms with Gasteiger partial charge in [0.15, 0.2) is 11.5 Å². The molecule has 0 aliphatic heterocycles. The van der Waals surface area contributed by atoms with Gasteiger partial charge in [-0.05, 0) is 35.6 Å². The molecule has 1 aromatic rings. The Morgan fingerprint density at radius 2 is 1.88 bits per heavy atom. The second-order valence-corrected chi connectivity index (χ2v) is 4.86. The topological polar surface area (TPSA) is 29.5 Å². The lowest BCUT2D eigenvalue weighted by Gasteiger charge is -2.22. The zero-order valence-corrected chi connectivity index (χ0v) is 10.7. The highest BCUT2D eigenvalue weighted by molar-refractivity contribution is 5.61. The molecule has 1 N–H and O–H groups in total. The van der Waals surface area contributed by atoms with Gasteiger partial charge in [-0.2, -0.15) is 0 Å². The van der Waals surface area contributed by atoms with Crippen LogP contribution in [-0.4, -0.2) is 12.2 Å².